The highest BCUT2D eigenvalue weighted by Gasteiger charge is 2.31. The molecule has 1 saturated heterocycles. The standard InChI is InChI=1S/C21H23ClF3N3O/c1-15(16-4-2-6-18(22)12-16)26-20(29)14-27-8-10-28(11-9-27)19-7-3-5-17(13-19)21(23,24)25/h2-7,12-13,15H,8-11,14H2,1H3,(H,26,29)/t15-/m1/s1. The molecule has 0 aliphatic carbocycles. The molecular formula is C21H23ClF3N3O. The van der Waals surface area contributed by atoms with Gasteiger partial charge in [0.2, 0.25) is 5.91 Å². The van der Waals surface area contributed by atoms with Gasteiger partial charge in [-0.2, -0.15) is 13.2 Å². The quantitative estimate of drug-likeness (QED) is 0.773. The van der Waals surface area contributed by atoms with E-state index >= 15 is 0 Å². The summed E-state index contributed by atoms with van der Waals surface area (Å²) < 4.78 is 38.7. The van der Waals surface area contributed by atoms with Crippen molar-refractivity contribution in [3.8, 4) is 0 Å². The second-order valence-electron chi connectivity index (χ2n) is 7.16. The van der Waals surface area contributed by atoms with E-state index in [0.717, 1.165) is 11.6 Å². The van der Waals surface area contributed by atoms with Crippen LogP contribution in [0, 0.1) is 0 Å². The average molecular weight is 426 g/mol. The summed E-state index contributed by atoms with van der Waals surface area (Å²) in [5.74, 6) is -0.0926. The van der Waals surface area contributed by atoms with Crippen molar-refractivity contribution in [1.29, 1.82) is 0 Å². The molecule has 3 rings (SSSR count). The maximum Gasteiger partial charge on any atom is 0.416 e. The van der Waals surface area contributed by atoms with E-state index < -0.39 is 11.7 Å². The molecule has 8 heteroatoms. The van der Waals surface area contributed by atoms with E-state index in [1.165, 1.54) is 12.1 Å². The van der Waals surface area contributed by atoms with Crippen LogP contribution in [0.2, 0.25) is 5.02 Å². The van der Waals surface area contributed by atoms with Gasteiger partial charge in [0.1, 0.15) is 0 Å². The highest BCUT2D eigenvalue weighted by molar-refractivity contribution is 6.30. The number of piperazine rings is 1. The summed E-state index contributed by atoms with van der Waals surface area (Å²) in [4.78, 5) is 16.3. The topological polar surface area (TPSA) is 35.6 Å². The predicted molar refractivity (Wildman–Crippen MR) is 108 cm³/mol. The van der Waals surface area contributed by atoms with Crippen molar-refractivity contribution in [3.05, 3.63) is 64.7 Å². The molecule has 0 aromatic heterocycles. The molecule has 0 bridgehead atoms. The highest BCUT2D eigenvalue weighted by Crippen LogP contribution is 2.31. The summed E-state index contributed by atoms with van der Waals surface area (Å²) in [6.07, 6.45) is -4.35. The number of rotatable bonds is 5. The normalized spacial score (nSPS) is 16.5. The van der Waals surface area contributed by atoms with Gasteiger partial charge in [-0.15, -0.1) is 0 Å². The van der Waals surface area contributed by atoms with Crippen LogP contribution in [0.3, 0.4) is 0 Å². The van der Waals surface area contributed by atoms with E-state index in [0.29, 0.717) is 36.9 Å². The largest absolute Gasteiger partial charge is 0.416 e. The molecule has 0 unspecified atom stereocenters. The minimum atomic E-state index is -4.35. The Morgan fingerprint density at radius 3 is 2.45 bits per heavy atom. The van der Waals surface area contributed by atoms with Gasteiger partial charge in [0, 0.05) is 36.9 Å². The summed E-state index contributed by atoms with van der Waals surface area (Å²) in [6.45, 7) is 4.50. The lowest BCUT2D eigenvalue weighted by atomic mass is 10.1. The monoisotopic (exact) mass is 425 g/mol. The van der Waals surface area contributed by atoms with E-state index in [2.05, 4.69) is 5.32 Å². The van der Waals surface area contributed by atoms with Gasteiger partial charge < -0.3 is 10.2 Å². The van der Waals surface area contributed by atoms with Crippen molar-refractivity contribution in [2.24, 2.45) is 0 Å². The van der Waals surface area contributed by atoms with Crippen LogP contribution in [0.4, 0.5) is 18.9 Å². The number of anilines is 1. The van der Waals surface area contributed by atoms with Crippen molar-refractivity contribution in [1.82, 2.24) is 10.2 Å². The first-order valence-electron chi connectivity index (χ1n) is 9.42. The first-order valence-corrected chi connectivity index (χ1v) is 9.79. The molecule has 156 valence electrons. The van der Waals surface area contributed by atoms with E-state index in [9.17, 15) is 18.0 Å². The third-order valence-corrected chi connectivity index (χ3v) is 5.24. The Kier molecular flexibility index (Phi) is 6.70. The summed E-state index contributed by atoms with van der Waals surface area (Å²) in [5.41, 5.74) is 0.838. The fourth-order valence-corrected chi connectivity index (χ4v) is 3.59. The molecular weight excluding hydrogens is 403 g/mol. The molecule has 1 fully saturated rings. The molecule has 2 aromatic rings. The fraction of sp³-hybridized carbons (Fsp3) is 0.381. The second kappa shape index (κ2) is 9.05. The first kappa shape index (κ1) is 21.5. The molecule has 1 aliphatic heterocycles. The van der Waals surface area contributed by atoms with Crippen LogP contribution in [0.5, 0.6) is 0 Å². The molecule has 0 saturated carbocycles. The van der Waals surface area contributed by atoms with Crippen molar-refractivity contribution in [2.45, 2.75) is 19.1 Å². The Hall–Kier alpha value is -2.25. The molecule has 0 spiro atoms. The van der Waals surface area contributed by atoms with Gasteiger partial charge in [-0.25, -0.2) is 0 Å². The van der Waals surface area contributed by atoms with Crippen LogP contribution in [0.1, 0.15) is 24.1 Å². The predicted octanol–water partition coefficient (Wildman–Crippen LogP) is 4.36. The molecule has 1 aliphatic rings. The van der Waals surface area contributed by atoms with Crippen LogP contribution in [0.15, 0.2) is 48.5 Å². The molecule has 1 N–H and O–H groups in total. The van der Waals surface area contributed by atoms with Gasteiger partial charge >= 0.3 is 6.18 Å². The van der Waals surface area contributed by atoms with E-state index in [1.54, 1.807) is 12.1 Å². The Morgan fingerprint density at radius 2 is 1.79 bits per heavy atom. The van der Waals surface area contributed by atoms with Gasteiger partial charge in [-0.05, 0) is 42.8 Å². The number of nitrogens with zero attached hydrogens (tertiary/aromatic N) is 2. The lowest BCUT2D eigenvalue weighted by molar-refractivity contribution is -0.137. The maximum atomic E-state index is 12.9. The number of benzene rings is 2. The Morgan fingerprint density at radius 1 is 1.10 bits per heavy atom. The van der Waals surface area contributed by atoms with Gasteiger partial charge in [0.25, 0.3) is 0 Å². The number of carbonyl (C=O) groups excluding carboxylic acids is 1. The third-order valence-electron chi connectivity index (χ3n) is 5.00. The minimum absolute atomic E-state index is 0.0926. The van der Waals surface area contributed by atoms with E-state index in [-0.39, 0.29) is 18.5 Å². The zero-order valence-electron chi connectivity index (χ0n) is 16.0. The smallest absolute Gasteiger partial charge is 0.369 e. The highest BCUT2D eigenvalue weighted by atomic mass is 35.5. The molecule has 0 radical (unpaired) electrons. The third kappa shape index (κ3) is 5.87. The van der Waals surface area contributed by atoms with Crippen molar-refractivity contribution < 1.29 is 18.0 Å². The number of nitrogens with one attached hydrogen (secondary N) is 1. The zero-order chi connectivity index (χ0) is 21.0. The van der Waals surface area contributed by atoms with Crippen LogP contribution in [0.25, 0.3) is 0 Å². The summed E-state index contributed by atoms with van der Waals surface area (Å²) in [5, 5.41) is 3.58. The number of hydrogen-bond donors (Lipinski definition) is 1. The van der Waals surface area contributed by atoms with Crippen molar-refractivity contribution in [3.63, 3.8) is 0 Å². The molecule has 1 amide bonds. The van der Waals surface area contributed by atoms with Crippen LogP contribution < -0.4 is 10.2 Å². The number of carbonyl (C=O) groups is 1. The number of alkyl halides is 3. The van der Waals surface area contributed by atoms with Crippen LogP contribution >= 0.6 is 11.6 Å². The number of halogens is 4. The zero-order valence-corrected chi connectivity index (χ0v) is 16.8. The van der Waals surface area contributed by atoms with Gasteiger partial charge in [0.05, 0.1) is 18.2 Å². The number of hydrogen-bond acceptors (Lipinski definition) is 3. The molecule has 4 nitrogen and oxygen atoms in total. The van der Waals surface area contributed by atoms with Gasteiger partial charge in [-0.3, -0.25) is 9.69 Å². The van der Waals surface area contributed by atoms with Crippen molar-refractivity contribution >= 4 is 23.2 Å². The Bertz CT molecular complexity index is 851. The second-order valence-corrected chi connectivity index (χ2v) is 7.59. The maximum absolute atomic E-state index is 12.9. The Labute approximate surface area is 173 Å². The average Bonchev–Trinajstić information content (AvgIpc) is 2.68. The van der Waals surface area contributed by atoms with Crippen LogP contribution in [-0.4, -0.2) is 43.5 Å². The minimum Gasteiger partial charge on any atom is -0.369 e. The molecule has 1 heterocycles. The van der Waals surface area contributed by atoms with Crippen LogP contribution in [-0.2, 0) is 11.0 Å². The van der Waals surface area contributed by atoms with Gasteiger partial charge in [-0.1, -0.05) is 29.8 Å². The van der Waals surface area contributed by atoms with Gasteiger partial charge in [0.15, 0.2) is 0 Å². The van der Waals surface area contributed by atoms with Crippen molar-refractivity contribution in [2.75, 3.05) is 37.6 Å². The SMILES string of the molecule is C[C@@H](NC(=O)CN1CCN(c2cccc(C(F)(F)F)c2)CC1)c1cccc(Cl)c1. The van der Waals surface area contributed by atoms with E-state index in [1.807, 2.05) is 34.9 Å². The first-order chi connectivity index (χ1) is 13.7. The molecule has 29 heavy (non-hydrogen) atoms. The van der Waals surface area contributed by atoms with E-state index in [4.69, 9.17) is 11.6 Å². The summed E-state index contributed by atoms with van der Waals surface area (Å²) >= 11 is 5.99. The summed E-state index contributed by atoms with van der Waals surface area (Å²) in [7, 11) is 0. The molecule has 2 aromatic carbocycles. The Balaban J connectivity index is 1.50. The lowest BCUT2D eigenvalue weighted by Crippen LogP contribution is -2.49. The molecule has 1 atom stereocenters. The summed E-state index contributed by atoms with van der Waals surface area (Å²) in [6, 6.07) is 12.6. The fourth-order valence-electron chi connectivity index (χ4n) is 3.39. The number of amides is 1. The lowest BCUT2D eigenvalue weighted by Gasteiger charge is -2.36.